The van der Waals surface area contributed by atoms with Crippen LogP contribution in [0.15, 0.2) is 18.6 Å². The quantitative estimate of drug-likeness (QED) is 0.118. The van der Waals surface area contributed by atoms with Crippen molar-refractivity contribution in [2.45, 2.75) is 141 Å². The van der Waals surface area contributed by atoms with Crippen molar-refractivity contribution in [3.63, 3.8) is 0 Å². The van der Waals surface area contributed by atoms with Crippen molar-refractivity contribution in [2.75, 3.05) is 6.54 Å². The van der Waals surface area contributed by atoms with Crippen LogP contribution in [-0.4, -0.2) is 99.0 Å². The monoisotopic (exact) mass is 693 g/mol. The molecule has 4 aliphatic rings. The number of aliphatic hydroxyl groups excluding tert-OH is 1. The summed E-state index contributed by atoms with van der Waals surface area (Å²) in [6.07, 6.45) is 13.8. The fraction of sp³-hybridized carbons (Fsp3) is 0.730. The van der Waals surface area contributed by atoms with Crippen LogP contribution in [0.25, 0.3) is 0 Å². The van der Waals surface area contributed by atoms with Crippen LogP contribution >= 0.6 is 0 Å². The second-order valence-electron chi connectivity index (χ2n) is 15.8. The van der Waals surface area contributed by atoms with Gasteiger partial charge in [-0.25, -0.2) is 9.65 Å². The SMILES string of the molecule is C=[N+]=C(NC1CC1)C(O)C(CCC)NC(=O)C1C2CCCC2CN1C(=O)C(NC(=O)C(NC(=O)c1cnccn1)C1CCCCC1)C(C)(C)C. The molecule has 5 N–H and O–H groups in total. The molecule has 0 bridgehead atoms. The minimum Gasteiger partial charge on any atom is -0.378 e. The highest BCUT2D eigenvalue weighted by atomic mass is 16.3. The predicted octanol–water partition coefficient (Wildman–Crippen LogP) is 1.88. The van der Waals surface area contributed by atoms with Gasteiger partial charge in [-0.2, -0.15) is 0 Å². The first-order valence-corrected chi connectivity index (χ1v) is 18.7. The second-order valence-corrected chi connectivity index (χ2v) is 15.8. The lowest BCUT2D eigenvalue weighted by atomic mass is 9.82. The van der Waals surface area contributed by atoms with E-state index in [2.05, 4.69) is 42.6 Å². The van der Waals surface area contributed by atoms with Crippen molar-refractivity contribution in [3.05, 3.63) is 24.3 Å². The zero-order valence-corrected chi connectivity index (χ0v) is 30.2. The Morgan fingerprint density at radius 1 is 1.00 bits per heavy atom. The number of carbonyl (C=O) groups is 4. The second kappa shape index (κ2) is 16.5. The van der Waals surface area contributed by atoms with Crippen molar-refractivity contribution < 1.29 is 24.3 Å². The first-order chi connectivity index (χ1) is 23.9. The van der Waals surface area contributed by atoms with Gasteiger partial charge in [0.2, 0.25) is 17.7 Å². The Balaban J connectivity index is 1.36. The lowest BCUT2D eigenvalue weighted by Crippen LogP contribution is -2.62. The maximum absolute atomic E-state index is 14.7. The van der Waals surface area contributed by atoms with Crippen molar-refractivity contribution in [1.29, 1.82) is 0 Å². The van der Waals surface area contributed by atoms with Gasteiger partial charge in [0, 0.05) is 18.9 Å². The van der Waals surface area contributed by atoms with Crippen molar-refractivity contribution in [3.8, 4) is 0 Å². The Bertz CT molecular complexity index is 1420. The molecule has 274 valence electrons. The molecule has 2 heterocycles. The van der Waals surface area contributed by atoms with Gasteiger partial charge >= 0.3 is 5.84 Å². The van der Waals surface area contributed by atoms with Gasteiger partial charge in [0.05, 0.1) is 18.3 Å². The Hall–Kier alpha value is -3.83. The minimum atomic E-state index is -1.06. The number of carbonyl (C=O) groups excluding carboxylic acids is 4. The molecule has 1 aliphatic heterocycles. The summed E-state index contributed by atoms with van der Waals surface area (Å²) in [5.41, 5.74) is -0.586. The predicted molar refractivity (Wildman–Crippen MR) is 191 cm³/mol. The number of nitrogens with one attached hydrogen (secondary N) is 4. The Morgan fingerprint density at radius 3 is 2.36 bits per heavy atom. The molecule has 4 amide bonds. The lowest BCUT2D eigenvalue weighted by molar-refractivity contribution is -0.145. The van der Waals surface area contributed by atoms with E-state index in [1.807, 2.05) is 27.7 Å². The summed E-state index contributed by atoms with van der Waals surface area (Å²) < 4.78 is 4.05. The van der Waals surface area contributed by atoms with Crippen molar-refractivity contribution in [2.24, 2.45) is 23.2 Å². The molecule has 0 radical (unpaired) electrons. The Labute approximate surface area is 296 Å². The first-order valence-electron chi connectivity index (χ1n) is 18.7. The molecule has 3 aliphatic carbocycles. The number of rotatable bonds is 13. The molecule has 13 heteroatoms. The smallest absolute Gasteiger partial charge is 0.373 e. The lowest BCUT2D eigenvalue weighted by Gasteiger charge is -2.38. The fourth-order valence-electron chi connectivity index (χ4n) is 8.15. The van der Waals surface area contributed by atoms with E-state index in [1.54, 1.807) is 4.90 Å². The van der Waals surface area contributed by atoms with Crippen LogP contribution in [0, 0.1) is 23.2 Å². The molecule has 1 aromatic rings. The summed E-state index contributed by atoms with van der Waals surface area (Å²) in [5.74, 6) is -1.09. The highest BCUT2D eigenvalue weighted by Gasteiger charge is 2.52. The molecule has 5 rings (SSSR count). The van der Waals surface area contributed by atoms with Crippen LogP contribution in [0.3, 0.4) is 0 Å². The highest BCUT2D eigenvalue weighted by Crippen LogP contribution is 2.43. The maximum Gasteiger partial charge on any atom is 0.373 e. The van der Waals surface area contributed by atoms with Gasteiger partial charge < -0.3 is 26.0 Å². The summed E-state index contributed by atoms with van der Waals surface area (Å²) in [7, 11) is 0. The van der Waals surface area contributed by atoms with E-state index in [0.717, 1.165) is 70.6 Å². The third kappa shape index (κ3) is 8.90. The average Bonchev–Trinajstić information content (AvgIpc) is 3.69. The Kier molecular flexibility index (Phi) is 12.3. The standard InChI is InChI=1S/C37H56N8O5/c1-6-11-26(30(46)32(38-5)41-24-16-17-24)42-35(49)29-25-15-10-14-23(25)21-45(29)36(50)31(37(2,3)4)44-34(48)28(22-12-8-7-9-13-22)43-33(47)27-20-39-18-19-40-27/h18-20,22-26,28-31,46H,5-17,21H2,1-4H3,(H3,42,43,44,47,48,49)/p+1. The zero-order valence-electron chi connectivity index (χ0n) is 30.2. The largest absolute Gasteiger partial charge is 0.378 e. The number of aliphatic hydroxyl groups is 1. The topological polar surface area (TPSA) is 180 Å². The zero-order chi connectivity index (χ0) is 36.0. The molecule has 7 unspecified atom stereocenters. The first kappa shape index (κ1) is 37.4. The van der Waals surface area contributed by atoms with E-state index in [1.165, 1.54) is 18.6 Å². The summed E-state index contributed by atoms with van der Waals surface area (Å²) in [4.78, 5) is 66.1. The van der Waals surface area contributed by atoms with Crippen molar-refractivity contribution in [1.82, 2.24) is 40.8 Å². The van der Waals surface area contributed by atoms with Gasteiger partial charge in [-0.05, 0) is 68.1 Å². The Morgan fingerprint density at radius 2 is 1.74 bits per heavy atom. The number of likely N-dealkylation sites (tertiary alicyclic amines) is 1. The van der Waals surface area contributed by atoms with Gasteiger partial charge in [0.15, 0.2) is 12.8 Å². The molecule has 50 heavy (non-hydrogen) atoms. The molecule has 1 aromatic heterocycles. The van der Waals surface area contributed by atoms with E-state index in [4.69, 9.17) is 0 Å². The van der Waals surface area contributed by atoms with Crippen LogP contribution in [0.1, 0.15) is 115 Å². The maximum atomic E-state index is 14.7. The van der Waals surface area contributed by atoms with E-state index < -0.39 is 47.5 Å². The normalized spacial score (nSPS) is 24.6. The number of hydrogen-bond donors (Lipinski definition) is 5. The van der Waals surface area contributed by atoms with Crippen LogP contribution in [0.5, 0.6) is 0 Å². The molecule has 1 saturated heterocycles. The third-order valence-corrected chi connectivity index (χ3v) is 11.0. The number of aromatic nitrogens is 2. The van der Waals surface area contributed by atoms with Crippen molar-refractivity contribution >= 4 is 36.2 Å². The molecule has 4 fully saturated rings. The summed E-state index contributed by atoms with van der Waals surface area (Å²) in [5, 5.41) is 23.6. The molecule has 7 atom stereocenters. The van der Waals surface area contributed by atoms with Crippen LogP contribution in [-0.2, 0) is 14.4 Å². The molecule has 3 saturated carbocycles. The summed E-state index contributed by atoms with van der Waals surface area (Å²) in [6.45, 7) is 11.8. The minimum absolute atomic E-state index is 0.0125. The molecule has 13 nitrogen and oxygen atoms in total. The number of hydrogen-bond acceptors (Lipinski definition) is 7. The van der Waals surface area contributed by atoms with E-state index in [9.17, 15) is 24.3 Å². The average molecular weight is 694 g/mol. The van der Waals surface area contributed by atoms with E-state index in [-0.39, 0.29) is 41.3 Å². The number of nitrogens with zero attached hydrogens (tertiary/aromatic N) is 4. The van der Waals surface area contributed by atoms with Gasteiger partial charge in [-0.1, -0.05) is 59.8 Å². The van der Waals surface area contributed by atoms with Gasteiger partial charge in [0.1, 0.15) is 23.8 Å². The number of amides is 4. The summed E-state index contributed by atoms with van der Waals surface area (Å²) >= 11 is 0. The van der Waals surface area contributed by atoms with Gasteiger partial charge in [0.25, 0.3) is 5.91 Å². The van der Waals surface area contributed by atoms with E-state index in [0.29, 0.717) is 18.8 Å². The van der Waals surface area contributed by atoms with Gasteiger partial charge in [-0.3, -0.25) is 29.5 Å². The fourth-order valence-corrected chi connectivity index (χ4v) is 8.15. The number of amidine groups is 1. The highest BCUT2D eigenvalue weighted by molar-refractivity contribution is 5.98. The molecular formula is C37H57N8O5+. The van der Waals surface area contributed by atoms with Crippen LogP contribution in [0.2, 0.25) is 0 Å². The molecule has 0 spiro atoms. The summed E-state index contributed by atoms with van der Waals surface area (Å²) in [6, 6.07) is -2.89. The molecule has 0 aromatic carbocycles. The van der Waals surface area contributed by atoms with Gasteiger partial charge in [-0.15, -0.1) is 0 Å². The van der Waals surface area contributed by atoms with Crippen LogP contribution < -0.4 is 25.9 Å². The number of fused-ring (bicyclic) bond motifs is 1. The third-order valence-electron chi connectivity index (χ3n) is 11.0. The van der Waals surface area contributed by atoms with Crippen LogP contribution in [0.4, 0.5) is 0 Å². The molecular weight excluding hydrogens is 636 g/mol. The van der Waals surface area contributed by atoms with E-state index >= 15 is 0 Å².